The molecule has 78 valence electrons. The van der Waals surface area contributed by atoms with Gasteiger partial charge in [0.1, 0.15) is 0 Å². The molecule has 2 saturated carbocycles. The van der Waals surface area contributed by atoms with Crippen LogP contribution in [0.4, 0.5) is 0 Å². The molecular weight excluding hydrogens is 190 g/mol. The molecule has 3 fully saturated rings. The summed E-state index contributed by atoms with van der Waals surface area (Å²) in [6.07, 6.45) is 6.64. The quantitative estimate of drug-likeness (QED) is 0.431. The zero-order chi connectivity index (χ0) is 10.4. The van der Waals surface area contributed by atoms with Gasteiger partial charge in [0.25, 0.3) is 0 Å². The van der Waals surface area contributed by atoms with Gasteiger partial charge >= 0.3 is 0 Å². The van der Waals surface area contributed by atoms with Crippen LogP contribution in [0.25, 0.3) is 0 Å². The minimum absolute atomic E-state index is 0.0139. The van der Waals surface area contributed by atoms with Gasteiger partial charge < -0.3 is 0 Å². The molecule has 1 aliphatic heterocycles. The van der Waals surface area contributed by atoms with Crippen LogP contribution in [0.15, 0.2) is 12.2 Å². The van der Waals surface area contributed by atoms with E-state index < -0.39 is 0 Å². The number of carbonyl (C=O) groups excluding carboxylic acids is 2. The van der Waals surface area contributed by atoms with Crippen molar-refractivity contribution in [3.05, 3.63) is 12.2 Å². The van der Waals surface area contributed by atoms with E-state index >= 15 is 0 Å². The maximum absolute atomic E-state index is 12.0. The van der Waals surface area contributed by atoms with Crippen LogP contribution < -0.4 is 0 Å². The lowest BCUT2D eigenvalue weighted by molar-refractivity contribution is -0.139. The molecule has 4 aliphatic rings. The first-order valence-electron chi connectivity index (χ1n) is 5.65. The summed E-state index contributed by atoms with van der Waals surface area (Å²) in [6, 6.07) is 0. The maximum atomic E-state index is 12.0. The second kappa shape index (κ2) is 2.04. The molecule has 4 rings (SSSR count). The third-order valence-electron chi connectivity index (χ3n) is 5.04. The van der Waals surface area contributed by atoms with Crippen LogP contribution in [0.5, 0.6) is 0 Å². The van der Waals surface area contributed by atoms with Crippen molar-refractivity contribution < 1.29 is 9.59 Å². The van der Waals surface area contributed by atoms with Crippen LogP contribution in [0.1, 0.15) is 12.8 Å². The zero-order valence-corrected chi connectivity index (χ0v) is 8.64. The Kier molecular flexibility index (Phi) is 1.10. The van der Waals surface area contributed by atoms with Crippen molar-refractivity contribution in [2.24, 2.45) is 29.1 Å². The summed E-state index contributed by atoms with van der Waals surface area (Å²) < 4.78 is 0. The highest BCUT2D eigenvalue weighted by Gasteiger charge is 2.73. The molecule has 15 heavy (non-hydrogen) atoms. The molecule has 3 heteroatoms. The van der Waals surface area contributed by atoms with Gasteiger partial charge in [-0.15, -0.1) is 0 Å². The van der Waals surface area contributed by atoms with Crippen molar-refractivity contribution in [3.63, 3.8) is 0 Å². The minimum atomic E-state index is -0.0220. The molecule has 5 unspecified atom stereocenters. The van der Waals surface area contributed by atoms with Crippen LogP contribution >= 0.6 is 0 Å². The van der Waals surface area contributed by atoms with Gasteiger partial charge in [-0.3, -0.25) is 14.5 Å². The van der Waals surface area contributed by atoms with Gasteiger partial charge in [-0.25, -0.2) is 0 Å². The molecular formula is C12H13NO2. The molecule has 3 aliphatic carbocycles. The van der Waals surface area contributed by atoms with Crippen LogP contribution in [0.2, 0.25) is 0 Å². The monoisotopic (exact) mass is 203 g/mol. The zero-order valence-electron chi connectivity index (χ0n) is 8.64. The smallest absolute Gasteiger partial charge is 0.233 e. The topological polar surface area (TPSA) is 37.4 Å². The number of rotatable bonds is 0. The van der Waals surface area contributed by atoms with Gasteiger partial charge in [0.15, 0.2) is 0 Å². The van der Waals surface area contributed by atoms with E-state index in [1.54, 1.807) is 7.05 Å². The third-order valence-corrected chi connectivity index (χ3v) is 5.04. The van der Waals surface area contributed by atoms with Gasteiger partial charge in [0.2, 0.25) is 11.8 Å². The van der Waals surface area contributed by atoms with E-state index in [4.69, 9.17) is 0 Å². The van der Waals surface area contributed by atoms with Crippen LogP contribution in [-0.2, 0) is 9.59 Å². The van der Waals surface area contributed by atoms with Gasteiger partial charge in [0, 0.05) is 7.05 Å². The number of nitrogens with zero attached hydrogens (tertiary/aromatic N) is 1. The Labute approximate surface area is 88.1 Å². The lowest BCUT2D eigenvalue weighted by Crippen LogP contribution is -2.30. The Bertz CT molecular complexity index is 427. The molecule has 1 heterocycles. The van der Waals surface area contributed by atoms with E-state index in [0.717, 1.165) is 12.8 Å². The highest BCUT2D eigenvalue weighted by atomic mass is 16.2. The van der Waals surface area contributed by atoms with E-state index in [2.05, 4.69) is 12.2 Å². The second-order valence-electron chi connectivity index (χ2n) is 5.54. The molecule has 3 nitrogen and oxygen atoms in total. The summed E-state index contributed by atoms with van der Waals surface area (Å²) in [5.41, 5.74) is 0.196. The molecule has 0 N–H and O–H groups in total. The minimum Gasteiger partial charge on any atom is -0.285 e. The number of hydrogen-bond acceptors (Lipinski definition) is 2. The Morgan fingerprint density at radius 3 is 2.87 bits per heavy atom. The predicted molar refractivity (Wildman–Crippen MR) is 52.5 cm³/mol. The molecule has 1 spiro atoms. The van der Waals surface area contributed by atoms with Gasteiger partial charge in [-0.05, 0) is 30.1 Å². The van der Waals surface area contributed by atoms with Crippen molar-refractivity contribution in [1.29, 1.82) is 0 Å². The molecule has 2 amide bonds. The molecule has 0 radical (unpaired) electrons. The molecule has 5 atom stereocenters. The largest absolute Gasteiger partial charge is 0.285 e. The fraction of sp³-hybridized carbons (Fsp3) is 0.667. The predicted octanol–water partition coefficient (Wildman–Crippen LogP) is 0.813. The molecule has 0 aromatic carbocycles. The summed E-state index contributed by atoms with van der Waals surface area (Å²) >= 11 is 0. The Hall–Kier alpha value is -1.12. The Morgan fingerprint density at radius 1 is 1.27 bits per heavy atom. The fourth-order valence-corrected chi connectivity index (χ4v) is 4.23. The van der Waals surface area contributed by atoms with Crippen molar-refractivity contribution in [3.8, 4) is 0 Å². The van der Waals surface area contributed by atoms with Crippen molar-refractivity contribution >= 4 is 11.8 Å². The number of hydrogen-bond donors (Lipinski definition) is 0. The highest BCUT2D eigenvalue weighted by Crippen LogP contribution is 2.73. The Balaban J connectivity index is 1.89. The molecule has 1 saturated heterocycles. The van der Waals surface area contributed by atoms with E-state index in [1.807, 2.05) is 0 Å². The number of fused-ring (bicyclic) bond motifs is 3. The Morgan fingerprint density at radius 2 is 2.07 bits per heavy atom. The number of carbonyl (C=O) groups is 2. The molecule has 0 aromatic rings. The van der Waals surface area contributed by atoms with Gasteiger partial charge in [-0.2, -0.15) is 0 Å². The van der Waals surface area contributed by atoms with Gasteiger partial charge in [0.05, 0.1) is 11.8 Å². The summed E-state index contributed by atoms with van der Waals surface area (Å²) in [6.45, 7) is 0. The van der Waals surface area contributed by atoms with Gasteiger partial charge in [-0.1, -0.05) is 12.2 Å². The van der Waals surface area contributed by atoms with Crippen LogP contribution in [-0.4, -0.2) is 23.8 Å². The highest BCUT2D eigenvalue weighted by molar-refractivity contribution is 6.06. The van der Waals surface area contributed by atoms with E-state index in [0.29, 0.717) is 11.8 Å². The van der Waals surface area contributed by atoms with Crippen molar-refractivity contribution in [1.82, 2.24) is 4.90 Å². The van der Waals surface area contributed by atoms with Crippen molar-refractivity contribution in [2.45, 2.75) is 12.8 Å². The summed E-state index contributed by atoms with van der Waals surface area (Å²) in [7, 11) is 1.64. The third kappa shape index (κ3) is 0.665. The number of imide groups is 1. The number of amides is 2. The first-order valence-corrected chi connectivity index (χ1v) is 5.65. The standard InChI is InChI=1S/C12H13NO2/c1-13-10(14)8-6-2-3-7-5-12(7,4-6)9(8)11(13)15/h2-3,6-9H,4-5H2,1H3. The lowest BCUT2D eigenvalue weighted by atomic mass is 9.87. The summed E-state index contributed by atoms with van der Waals surface area (Å²) in [4.78, 5) is 25.4. The van der Waals surface area contributed by atoms with Crippen molar-refractivity contribution in [2.75, 3.05) is 7.05 Å². The number of likely N-dealkylation sites (tertiary alicyclic amines) is 1. The average Bonchev–Trinajstić information content (AvgIpc) is 2.82. The SMILES string of the molecule is CN1C(=O)C2C3C=CC4CC4(C3)C2C1=O. The normalized spacial score (nSPS) is 54.6. The fourth-order valence-electron chi connectivity index (χ4n) is 4.23. The molecule has 2 bridgehead atoms. The maximum Gasteiger partial charge on any atom is 0.233 e. The lowest BCUT2D eigenvalue weighted by Gasteiger charge is -2.19. The van der Waals surface area contributed by atoms with E-state index in [9.17, 15) is 9.59 Å². The van der Waals surface area contributed by atoms with E-state index in [-0.39, 0.29) is 29.1 Å². The van der Waals surface area contributed by atoms with E-state index in [1.165, 1.54) is 4.90 Å². The summed E-state index contributed by atoms with van der Waals surface area (Å²) in [5, 5.41) is 0. The first-order chi connectivity index (χ1) is 7.15. The first kappa shape index (κ1) is 8.08. The van der Waals surface area contributed by atoms with Crippen LogP contribution in [0.3, 0.4) is 0 Å². The molecule has 0 aromatic heterocycles. The van der Waals surface area contributed by atoms with Crippen LogP contribution in [0, 0.1) is 29.1 Å². The summed E-state index contributed by atoms with van der Waals surface area (Å²) in [5.74, 6) is 1.07. The number of allylic oxidation sites excluding steroid dienone is 2. The average molecular weight is 203 g/mol. The second-order valence-corrected chi connectivity index (χ2v) is 5.54.